The maximum Gasteiger partial charge on any atom is 0.586 e. The Morgan fingerprint density at radius 3 is 2.69 bits per heavy atom. The van der Waals surface area contributed by atoms with Crippen LogP contribution in [0.1, 0.15) is 17.3 Å². The molecule has 0 spiro atoms. The predicted molar refractivity (Wildman–Crippen MR) is 48.7 cm³/mol. The fourth-order valence-electron chi connectivity index (χ4n) is 1.37. The summed E-state index contributed by atoms with van der Waals surface area (Å²) in [6, 6.07) is 1.01. The van der Waals surface area contributed by atoms with Crippen molar-refractivity contribution in [3.05, 3.63) is 11.6 Å². The topological polar surface area (TPSA) is 81.8 Å². The molecular weight excluding hydrogens is 224 g/mol. The van der Waals surface area contributed by atoms with Gasteiger partial charge in [0.15, 0.2) is 17.3 Å². The summed E-state index contributed by atoms with van der Waals surface area (Å²) in [5, 5.41) is 9.46. The zero-order valence-corrected chi connectivity index (χ0v) is 8.08. The highest BCUT2D eigenvalue weighted by molar-refractivity contribution is 6.01. The van der Waals surface area contributed by atoms with Gasteiger partial charge in [-0.1, -0.05) is 0 Å². The summed E-state index contributed by atoms with van der Waals surface area (Å²) in [5.74, 6) is -2.18. The van der Waals surface area contributed by atoms with Gasteiger partial charge in [0.1, 0.15) is 0 Å². The van der Waals surface area contributed by atoms with Crippen LogP contribution >= 0.6 is 0 Å². The molecule has 1 aliphatic heterocycles. The molecule has 2 rings (SSSR count). The quantitative estimate of drug-likeness (QED) is 0.434. The third kappa shape index (κ3) is 1.40. The van der Waals surface area contributed by atoms with Gasteiger partial charge in [-0.25, -0.2) is 0 Å². The van der Waals surface area contributed by atoms with Crippen molar-refractivity contribution in [2.75, 3.05) is 5.73 Å². The number of ether oxygens (including phenoxy) is 2. The van der Waals surface area contributed by atoms with Gasteiger partial charge in [0.2, 0.25) is 5.75 Å². The molecule has 1 aromatic carbocycles. The lowest BCUT2D eigenvalue weighted by Gasteiger charge is -2.06. The lowest BCUT2D eigenvalue weighted by atomic mass is 10.1. The van der Waals surface area contributed by atoms with Gasteiger partial charge >= 0.3 is 6.29 Å². The van der Waals surface area contributed by atoms with Gasteiger partial charge < -0.3 is 20.3 Å². The highest BCUT2D eigenvalue weighted by Gasteiger charge is 2.46. The van der Waals surface area contributed by atoms with E-state index in [1.807, 2.05) is 0 Å². The molecule has 16 heavy (non-hydrogen) atoms. The van der Waals surface area contributed by atoms with Gasteiger partial charge in [-0.15, -0.1) is 8.78 Å². The molecule has 0 saturated heterocycles. The third-order valence-electron chi connectivity index (χ3n) is 2.09. The minimum atomic E-state index is -3.86. The van der Waals surface area contributed by atoms with Gasteiger partial charge in [-0.3, -0.25) is 4.79 Å². The highest BCUT2D eigenvalue weighted by Crippen LogP contribution is 2.50. The molecule has 3 N–H and O–H groups in total. The highest BCUT2D eigenvalue weighted by atomic mass is 19.3. The minimum absolute atomic E-state index is 0.0995. The van der Waals surface area contributed by atoms with Gasteiger partial charge in [0.25, 0.3) is 0 Å². The van der Waals surface area contributed by atoms with Crippen LogP contribution in [0.15, 0.2) is 6.07 Å². The molecule has 86 valence electrons. The van der Waals surface area contributed by atoms with E-state index < -0.39 is 29.3 Å². The largest absolute Gasteiger partial charge is 0.586 e. The zero-order valence-electron chi connectivity index (χ0n) is 8.08. The molecule has 1 aromatic rings. The number of halogens is 2. The fourth-order valence-corrected chi connectivity index (χ4v) is 1.37. The average molecular weight is 231 g/mol. The first-order valence-corrected chi connectivity index (χ1v) is 4.24. The van der Waals surface area contributed by atoms with Crippen molar-refractivity contribution in [3.8, 4) is 17.2 Å². The summed E-state index contributed by atoms with van der Waals surface area (Å²) >= 11 is 0. The van der Waals surface area contributed by atoms with Crippen molar-refractivity contribution in [2.45, 2.75) is 13.2 Å². The lowest BCUT2D eigenvalue weighted by molar-refractivity contribution is -0.287. The standard InChI is InChI=1S/C9H7F2NO4/c1-3(13)4-2-5-8(7(14)6(4)12)16-9(10,11)15-5/h2,14H,12H2,1H3. The molecule has 7 heteroatoms. The van der Waals surface area contributed by atoms with Crippen molar-refractivity contribution >= 4 is 11.5 Å². The number of phenolic OH excluding ortho intramolecular Hbond substituents is 1. The van der Waals surface area contributed by atoms with E-state index in [2.05, 4.69) is 9.47 Å². The summed E-state index contributed by atoms with van der Waals surface area (Å²) < 4.78 is 33.5. The molecule has 0 aliphatic carbocycles. The Morgan fingerprint density at radius 2 is 2.12 bits per heavy atom. The van der Waals surface area contributed by atoms with E-state index in [-0.39, 0.29) is 11.3 Å². The molecule has 0 radical (unpaired) electrons. The number of alkyl halides is 2. The molecule has 0 aromatic heterocycles. The molecule has 1 heterocycles. The second-order valence-electron chi connectivity index (χ2n) is 3.24. The van der Waals surface area contributed by atoms with Crippen LogP contribution < -0.4 is 15.2 Å². The van der Waals surface area contributed by atoms with E-state index in [0.717, 1.165) is 6.07 Å². The first kappa shape index (κ1) is 10.5. The number of ketones is 1. The number of phenols is 1. The van der Waals surface area contributed by atoms with Crippen molar-refractivity contribution < 1.29 is 28.2 Å². The summed E-state index contributed by atoms with van der Waals surface area (Å²) in [5.41, 5.74) is 4.98. The first-order chi connectivity index (χ1) is 7.32. The Kier molecular flexibility index (Phi) is 1.94. The lowest BCUT2D eigenvalue weighted by Crippen LogP contribution is -2.26. The number of benzene rings is 1. The van der Waals surface area contributed by atoms with Crippen molar-refractivity contribution in [1.82, 2.24) is 0 Å². The summed E-state index contributed by atoms with van der Waals surface area (Å²) in [4.78, 5) is 11.1. The molecule has 0 bridgehead atoms. The number of carbonyl (C=O) groups is 1. The minimum Gasteiger partial charge on any atom is -0.503 e. The number of carbonyl (C=O) groups excluding carboxylic acids is 1. The molecule has 5 nitrogen and oxygen atoms in total. The van der Waals surface area contributed by atoms with Crippen molar-refractivity contribution in [3.63, 3.8) is 0 Å². The maximum atomic E-state index is 12.7. The van der Waals surface area contributed by atoms with Crippen LogP contribution in [0.2, 0.25) is 0 Å². The number of fused-ring (bicyclic) bond motifs is 1. The number of nitrogens with two attached hydrogens (primary N) is 1. The molecule has 0 saturated carbocycles. The number of Topliss-reactive ketones (excluding diaryl/α,β-unsaturated/α-hetero) is 1. The van der Waals surface area contributed by atoms with Gasteiger partial charge in [0.05, 0.1) is 5.69 Å². The third-order valence-corrected chi connectivity index (χ3v) is 2.09. The second kappa shape index (κ2) is 2.97. The number of rotatable bonds is 1. The summed E-state index contributed by atoms with van der Waals surface area (Å²) in [6.07, 6.45) is -3.86. The predicted octanol–water partition coefficient (Wildman–Crippen LogP) is 1.50. The van der Waals surface area contributed by atoms with Crippen molar-refractivity contribution in [1.29, 1.82) is 0 Å². The number of hydrogen-bond donors (Lipinski definition) is 2. The number of aromatic hydroxyl groups is 1. The average Bonchev–Trinajstić information content (AvgIpc) is 2.46. The number of hydrogen-bond acceptors (Lipinski definition) is 5. The Morgan fingerprint density at radius 1 is 1.50 bits per heavy atom. The van der Waals surface area contributed by atoms with E-state index in [0.29, 0.717) is 0 Å². The van der Waals surface area contributed by atoms with Crippen LogP contribution in [0.25, 0.3) is 0 Å². The van der Waals surface area contributed by atoms with Gasteiger partial charge in [0, 0.05) is 5.56 Å². The molecule has 0 unspecified atom stereocenters. The first-order valence-electron chi connectivity index (χ1n) is 4.24. The Hall–Kier alpha value is -2.05. The second-order valence-corrected chi connectivity index (χ2v) is 3.24. The molecular formula is C9H7F2NO4. The van der Waals surface area contributed by atoms with E-state index in [9.17, 15) is 18.7 Å². The van der Waals surface area contributed by atoms with Crippen LogP contribution in [0.4, 0.5) is 14.5 Å². The zero-order chi connectivity index (χ0) is 12.1. The Bertz CT molecular complexity index is 487. The number of anilines is 1. The Balaban J connectivity index is 2.62. The van der Waals surface area contributed by atoms with E-state index in [4.69, 9.17) is 5.73 Å². The van der Waals surface area contributed by atoms with Gasteiger partial charge in [-0.05, 0) is 13.0 Å². The molecule has 0 atom stereocenters. The van der Waals surface area contributed by atoms with E-state index in [1.165, 1.54) is 6.92 Å². The maximum absolute atomic E-state index is 12.7. The Labute approximate surface area is 88.4 Å². The SMILES string of the molecule is CC(=O)c1cc2c(c(O)c1N)OC(F)(F)O2. The van der Waals surface area contributed by atoms with Gasteiger partial charge in [-0.2, -0.15) is 0 Å². The van der Waals surface area contributed by atoms with E-state index >= 15 is 0 Å². The molecule has 1 aliphatic rings. The van der Waals surface area contributed by atoms with Crippen LogP contribution in [0.5, 0.6) is 17.2 Å². The van der Waals surface area contributed by atoms with Crippen LogP contribution in [-0.2, 0) is 0 Å². The number of nitrogen functional groups attached to an aromatic ring is 1. The molecule has 0 fully saturated rings. The normalized spacial score (nSPS) is 16.2. The van der Waals surface area contributed by atoms with Crippen molar-refractivity contribution in [2.24, 2.45) is 0 Å². The van der Waals surface area contributed by atoms with Crippen LogP contribution in [0, 0.1) is 0 Å². The summed E-state index contributed by atoms with van der Waals surface area (Å²) in [6.45, 7) is 1.19. The van der Waals surface area contributed by atoms with E-state index in [1.54, 1.807) is 0 Å². The summed E-state index contributed by atoms with van der Waals surface area (Å²) in [7, 11) is 0. The smallest absolute Gasteiger partial charge is 0.503 e. The fraction of sp³-hybridized carbons (Fsp3) is 0.222. The van der Waals surface area contributed by atoms with Crippen LogP contribution in [0.3, 0.4) is 0 Å². The van der Waals surface area contributed by atoms with Crippen LogP contribution in [-0.4, -0.2) is 17.2 Å². The molecule has 0 amide bonds. The monoisotopic (exact) mass is 231 g/mol.